The number of ether oxygens (including phenoxy) is 2. The summed E-state index contributed by atoms with van der Waals surface area (Å²) in [6, 6.07) is 5.83. The number of aromatic amines is 1. The van der Waals surface area contributed by atoms with Crippen molar-refractivity contribution in [3.8, 4) is 0 Å². The minimum Gasteiger partial charge on any atom is -0.464 e. The maximum Gasteiger partial charge on any atom is 0.356 e. The Morgan fingerprint density at radius 1 is 1.46 bits per heavy atom. The molecule has 0 spiro atoms. The van der Waals surface area contributed by atoms with Gasteiger partial charge < -0.3 is 9.47 Å². The zero-order valence-electron chi connectivity index (χ0n) is 13.8. The molecule has 0 unspecified atom stereocenters. The van der Waals surface area contributed by atoms with Crippen molar-refractivity contribution in [2.24, 2.45) is 0 Å². The van der Waals surface area contributed by atoms with Gasteiger partial charge in [-0.25, -0.2) is 4.79 Å². The lowest BCUT2D eigenvalue weighted by molar-refractivity contribution is -0.0133. The van der Waals surface area contributed by atoms with Crippen molar-refractivity contribution in [3.63, 3.8) is 0 Å². The van der Waals surface area contributed by atoms with Crippen LogP contribution in [-0.4, -0.2) is 52.4 Å². The van der Waals surface area contributed by atoms with Crippen molar-refractivity contribution >= 4 is 5.97 Å². The topological polar surface area (TPSA) is 80.3 Å². The number of likely N-dealkylation sites (tertiary alicyclic amines) is 1. The Morgan fingerprint density at radius 3 is 3.17 bits per heavy atom. The molecule has 2 aromatic rings. The van der Waals surface area contributed by atoms with Crippen LogP contribution in [0.4, 0.5) is 0 Å². The monoisotopic (exact) mass is 330 g/mol. The first-order valence-corrected chi connectivity index (χ1v) is 8.10. The summed E-state index contributed by atoms with van der Waals surface area (Å²) in [7, 11) is 1.37. The van der Waals surface area contributed by atoms with E-state index in [9.17, 15) is 4.79 Å². The van der Waals surface area contributed by atoms with Crippen molar-refractivity contribution < 1.29 is 14.3 Å². The summed E-state index contributed by atoms with van der Waals surface area (Å²) in [6.45, 7) is 3.00. The second-order valence-corrected chi connectivity index (χ2v) is 5.89. The van der Waals surface area contributed by atoms with E-state index in [0.717, 1.165) is 37.2 Å². The van der Waals surface area contributed by atoms with Gasteiger partial charge in [0, 0.05) is 24.8 Å². The number of nitrogens with zero attached hydrogens (tertiary/aromatic N) is 3. The first kappa shape index (κ1) is 16.6. The van der Waals surface area contributed by atoms with Crippen molar-refractivity contribution in [1.29, 1.82) is 0 Å². The van der Waals surface area contributed by atoms with Crippen molar-refractivity contribution in [3.05, 3.63) is 47.5 Å². The predicted molar refractivity (Wildman–Crippen MR) is 87.3 cm³/mol. The molecule has 0 saturated carbocycles. The molecule has 1 N–H and O–H groups in total. The molecule has 0 amide bonds. The summed E-state index contributed by atoms with van der Waals surface area (Å²) in [5.74, 6) is -0.387. The maximum absolute atomic E-state index is 11.7. The second-order valence-electron chi connectivity index (χ2n) is 5.89. The van der Waals surface area contributed by atoms with Crippen LogP contribution in [0.3, 0.4) is 0 Å². The fraction of sp³-hybridized carbons (Fsp3) is 0.471. The summed E-state index contributed by atoms with van der Waals surface area (Å²) >= 11 is 0. The van der Waals surface area contributed by atoms with Gasteiger partial charge in [0.1, 0.15) is 5.69 Å². The molecule has 0 radical (unpaired) electrons. The van der Waals surface area contributed by atoms with Gasteiger partial charge in [-0.15, -0.1) is 0 Å². The van der Waals surface area contributed by atoms with Gasteiger partial charge in [-0.3, -0.25) is 15.0 Å². The molecule has 24 heavy (non-hydrogen) atoms. The molecule has 1 fully saturated rings. The highest BCUT2D eigenvalue weighted by molar-refractivity contribution is 5.88. The van der Waals surface area contributed by atoms with Gasteiger partial charge in [0.25, 0.3) is 0 Å². The van der Waals surface area contributed by atoms with Gasteiger partial charge in [0.05, 0.1) is 31.7 Å². The molecule has 2 aromatic heterocycles. The summed E-state index contributed by atoms with van der Waals surface area (Å²) in [6.07, 6.45) is 5.75. The Kier molecular flexibility index (Phi) is 5.55. The normalized spacial score (nSPS) is 18.5. The molecule has 3 heterocycles. The molecule has 7 nitrogen and oxygen atoms in total. The number of H-pyrrole nitrogens is 1. The predicted octanol–water partition coefficient (Wildman–Crippen LogP) is 1.77. The number of methoxy groups -OCH3 is 1. The van der Waals surface area contributed by atoms with E-state index in [1.807, 2.05) is 18.2 Å². The number of carbonyl (C=O) groups excluding carboxylic acids is 1. The molecule has 0 aromatic carbocycles. The van der Waals surface area contributed by atoms with Gasteiger partial charge in [-0.2, -0.15) is 5.10 Å². The van der Waals surface area contributed by atoms with Gasteiger partial charge in [0.15, 0.2) is 0 Å². The van der Waals surface area contributed by atoms with E-state index < -0.39 is 0 Å². The van der Waals surface area contributed by atoms with E-state index in [2.05, 4.69) is 20.1 Å². The molecule has 7 heteroatoms. The molecule has 128 valence electrons. The summed E-state index contributed by atoms with van der Waals surface area (Å²) in [5, 5.41) is 6.67. The van der Waals surface area contributed by atoms with Crippen molar-refractivity contribution in [2.75, 3.05) is 20.2 Å². The number of hydrogen-bond acceptors (Lipinski definition) is 6. The standard InChI is InChI=1S/C17H22N4O3/c1-23-17(22)16-13(9-19-20-16)10-21-8-4-6-15(11-21)24-12-14-5-2-3-7-18-14/h2-3,5,7,9,15H,4,6,8,10-12H2,1H3,(H,19,20)/t15-/m0/s1. The molecule has 0 aliphatic carbocycles. The third-order valence-corrected chi connectivity index (χ3v) is 4.16. The zero-order chi connectivity index (χ0) is 16.8. The van der Waals surface area contributed by atoms with Crippen LogP contribution in [0.2, 0.25) is 0 Å². The van der Waals surface area contributed by atoms with Crippen molar-refractivity contribution in [1.82, 2.24) is 20.1 Å². The van der Waals surface area contributed by atoms with E-state index >= 15 is 0 Å². The number of hydrogen-bond donors (Lipinski definition) is 1. The first-order chi connectivity index (χ1) is 11.8. The third kappa shape index (κ3) is 4.18. The SMILES string of the molecule is COC(=O)c1[nH]ncc1CN1CCC[C@H](OCc2ccccn2)C1. The largest absolute Gasteiger partial charge is 0.464 e. The Labute approximate surface area is 141 Å². The van der Waals surface area contributed by atoms with Crippen LogP contribution in [0.15, 0.2) is 30.6 Å². The number of esters is 1. The maximum atomic E-state index is 11.7. The van der Waals surface area contributed by atoms with Crippen molar-refractivity contribution in [2.45, 2.75) is 32.1 Å². The molecule has 3 rings (SSSR count). The Hall–Kier alpha value is -2.25. The first-order valence-electron chi connectivity index (χ1n) is 8.10. The Morgan fingerprint density at radius 2 is 2.38 bits per heavy atom. The summed E-state index contributed by atoms with van der Waals surface area (Å²) in [4.78, 5) is 18.3. The molecule has 1 aliphatic rings. The molecular weight excluding hydrogens is 308 g/mol. The quantitative estimate of drug-likeness (QED) is 0.813. The fourth-order valence-electron chi connectivity index (χ4n) is 2.93. The van der Waals surface area contributed by atoms with Gasteiger partial charge in [-0.05, 0) is 31.5 Å². The minimum atomic E-state index is -0.387. The summed E-state index contributed by atoms with van der Waals surface area (Å²) < 4.78 is 10.8. The van der Waals surface area contributed by atoms with Crippen LogP contribution in [0, 0.1) is 0 Å². The average Bonchev–Trinajstić information content (AvgIpc) is 3.08. The highest BCUT2D eigenvalue weighted by atomic mass is 16.5. The third-order valence-electron chi connectivity index (χ3n) is 4.16. The number of piperidine rings is 1. The number of nitrogens with one attached hydrogen (secondary N) is 1. The van der Waals surface area contributed by atoms with Crippen LogP contribution in [0.5, 0.6) is 0 Å². The van der Waals surface area contributed by atoms with Crippen LogP contribution in [0.1, 0.15) is 34.6 Å². The number of aromatic nitrogens is 3. The van der Waals surface area contributed by atoms with Gasteiger partial charge in [-0.1, -0.05) is 6.07 Å². The smallest absolute Gasteiger partial charge is 0.356 e. The Balaban J connectivity index is 1.54. The minimum absolute atomic E-state index is 0.175. The molecule has 1 aliphatic heterocycles. The Bertz CT molecular complexity index is 659. The average molecular weight is 330 g/mol. The van der Waals surface area contributed by atoms with E-state index in [0.29, 0.717) is 18.8 Å². The highest BCUT2D eigenvalue weighted by Gasteiger charge is 2.23. The number of carbonyl (C=O) groups is 1. The number of rotatable bonds is 6. The van der Waals surface area contributed by atoms with Crippen LogP contribution in [-0.2, 0) is 22.6 Å². The lowest BCUT2D eigenvalue weighted by atomic mass is 10.1. The molecular formula is C17H22N4O3. The lowest BCUT2D eigenvalue weighted by Crippen LogP contribution is -2.39. The summed E-state index contributed by atoms with van der Waals surface area (Å²) in [5.41, 5.74) is 2.22. The number of pyridine rings is 1. The second kappa shape index (κ2) is 8.03. The van der Waals surface area contributed by atoms with Gasteiger partial charge >= 0.3 is 5.97 Å². The lowest BCUT2D eigenvalue weighted by Gasteiger charge is -2.32. The molecule has 1 atom stereocenters. The fourth-order valence-corrected chi connectivity index (χ4v) is 2.93. The van der Waals surface area contributed by atoms with E-state index in [4.69, 9.17) is 9.47 Å². The highest BCUT2D eigenvalue weighted by Crippen LogP contribution is 2.18. The molecule has 0 bridgehead atoms. The van der Waals surface area contributed by atoms with Crippen LogP contribution < -0.4 is 0 Å². The van der Waals surface area contributed by atoms with E-state index in [1.165, 1.54) is 7.11 Å². The van der Waals surface area contributed by atoms with Crippen LogP contribution in [0.25, 0.3) is 0 Å². The van der Waals surface area contributed by atoms with Crippen LogP contribution >= 0.6 is 0 Å². The zero-order valence-corrected chi connectivity index (χ0v) is 13.8. The van der Waals surface area contributed by atoms with Gasteiger partial charge in [0.2, 0.25) is 0 Å². The van der Waals surface area contributed by atoms with E-state index in [1.54, 1.807) is 12.4 Å². The van der Waals surface area contributed by atoms with E-state index in [-0.39, 0.29) is 12.1 Å². The molecule has 1 saturated heterocycles.